The smallest absolute Gasteiger partial charge is 0.227 e. The predicted molar refractivity (Wildman–Crippen MR) is 92.6 cm³/mol. The Bertz CT molecular complexity index is 777. The Morgan fingerprint density at radius 3 is 2.70 bits per heavy atom. The van der Waals surface area contributed by atoms with E-state index in [-0.39, 0.29) is 11.7 Å². The van der Waals surface area contributed by atoms with Crippen molar-refractivity contribution in [3.8, 4) is 0 Å². The van der Waals surface area contributed by atoms with Gasteiger partial charge in [-0.05, 0) is 42.7 Å². The fourth-order valence-corrected chi connectivity index (χ4v) is 2.78. The van der Waals surface area contributed by atoms with Gasteiger partial charge in [0.25, 0.3) is 0 Å². The Labute approximate surface area is 136 Å². The number of rotatable bonds is 4. The van der Waals surface area contributed by atoms with Gasteiger partial charge in [-0.15, -0.1) is 0 Å². The van der Waals surface area contributed by atoms with Crippen LogP contribution >= 0.6 is 0 Å². The molecule has 0 aliphatic carbocycles. The molecule has 3 heteroatoms. The van der Waals surface area contributed by atoms with Crippen molar-refractivity contribution in [1.82, 2.24) is 0 Å². The Hall–Kier alpha value is -2.68. The van der Waals surface area contributed by atoms with E-state index in [2.05, 4.69) is 0 Å². The van der Waals surface area contributed by atoms with E-state index in [9.17, 15) is 9.59 Å². The van der Waals surface area contributed by atoms with Gasteiger partial charge in [-0.2, -0.15) is 0 Å². The number of aryl methyl sites for hydroxylation is 1. The lowest BCUT2D eigenvalue weighted by Crippen LogP contribution is -2.23. The number of ketones is 1. The van der Waals surface area contributed by atoms with Crippen LogP contribution in [0.3, 0.4) is 0 Å². The zero-order valence-corrected chi connectivity index (χ0v) is 13.2. The highest BCUT2D eigenvalue weighted by Crippen LogP contribution is 2.22. The second-order valence-electron chi connectivity index (χ2n) is 5.75. The van der Waals surface area contributed by atoms with Gasteiger partial charge in [-0.25, -0.2) is 0 Å². The Kier molecular flexibility index (Phi) is 4.38. The molecule has 0 atom stereocenters. The molecule has 0 saturated carbocycles. The van der Waals surface area contributed by atoms with Gasteiger partial charge in [-0.1, -0.05) is 42.5 Å². The molecule has 1 aliphatic rings. The van der Waals surface area contributed by atoms with E-state index in [1.54, 1.807) is 23.1 Å². The molecule has 1 saturated heterocycles. The molecule has 1 heterocycles. The number of carbonyl (C=O) groups is 2. The molecule has 1 fully saturated rings. The van der Waals surface area contributed by atoms with Crippen molar-refractivity contribution in [2.24, 2.45) is 0 Å². The average molecular weight is 305 g/mol. The minimum atomic E-state index is -0.0539. The van der Waals surface area contributed by atoms with Crippen LogP contribution in [0.4, 0.5) is 5.69 Å². The number of hydrogen-bond donors (Lipinski definition) is 0. The minimum absolute atomic E-state index is 0.0539. The summed E-state index contributed by atoms with van der Waals surface area (Å²) < 4.78 is 0. The van der Waals surface area contributed by atoms with E-state index in [0.717, 1.165) is 29.8 Å². The summed E-state index contributed by atoms with van der Waals surface area (Å²) in [5.74, 6) is 0.0757. The lowest BCUT2D eigenvalue weighted by Gasteiger charge is -2.16. The fourth-order valence-electron chi connectivity index (χ4n) is 2.78. The molecule has 2 aromatic rings. The SMILES string of the molecule is Cc1ccccc1/C=C/C(=O)c1cccc(N2CCCC2=O)c1. The van der Waals surface area contributed by atoms with Crippen molar-refractivity contribution in [2.45, 2.75) is 19.8 Å². The maximum atomic E-state index is 12.4. The predicted octanol–water partition coefficient (Wildman–Crippen LogP) is 4.02. The Morgan fingerprint density at radius 1 is 1.13 bits per heavy atom. The van der Waals surface area contributed by atoms with Crippen molar-refractivity contribution in [3.05, 3.63) is 71.3 Å². The third-order valence-corrected chi connectivity index (χ3v) is 4.12. The van der Waals surface area contributed by atoms with Crippen LogP contribution in [-0.4, -0.2) is 18.2 Å². The Balaban J connectivity index is 1.80. The summed E-state index contributed by atoms with van der Waals surface area (Å²) in [7, 11) is 0. The molecule has 0 aromatic heterocycles. The number of allylic oxidation sites excluding steroid dienone is 1. The number of amides is 1. The molecule has 1 amide bonds. The quantitative estimate of drug-likeness (QED) is 0.632. The van der Waals surface area contributed by atoms with Crippen LogP contribution in [0.5, 0.6) is 0 Å². The molecule has 0 bridgehead atoms. The zero-order chi connectivity index (χ0) is 16.2. The number of nitrogens with zero attached hydrogens (tertiary/aromatic N) is 1. The van der Waals surface area contributed by atoms with Gasteiger partial charge in [-0.3, -0.25) is 9.59 Å². The average Bonchev–Trinajstić information content (AvgIpc) is 3.00. The summed E-state index contributed by atoms with van der Waals surface area (Å²) >= 11 is 0. The molecule has 116 valence electrons. The third-order valence-electron chi connectivity index (χ3n) is 4.12. The van der Waals surface area contributed by atoms with E-state index in [1.165, 1.54) is 0 Å². The van der Waals surface area contributed by atoms with Crippen LogP contribution < -0.4 is 4.90 Å². The molecule has 1 aliphatic heterocycles. The fraction of sp³-hybridized carbons (Fsp3) is 0.200. The van der Waals surface area contributed by atoms with Crippen molar-refractivity contribution in [2.75, 3.05) is 11.4 Å². The molecule has 23 heavy (non-hydrogen) atoms. The van der Waals surface area contributed by atoms with Crippen LogP contribution in [0.15, 0.2) is 54.6 Å². The van der Waals surface area contributed by atoms with Crippen LogP contribution in [0.1, 0.15) is 34.3 Å². The molecule has 3 nitrogen and oxygen atoms in total. The largest absolute Gasteiger partial charge is 0.312 e. The van der Waals surface area contributed by atoms with Gasteiger partial charge in [0.15, 0.2) is 5.78 Å². The second kappa shape index (κ2) is 6.61. The number of carbonyl (C=O) groups excluding carboxylic acids is 2. The summed E-state index contributed by atoms with van der Waals surface area (Å²) in [5, 5.41) is 0. The van der Waals surface area contributed by atoms with Gasteiger partial charge in [0.05, 0.1) is 0 Å². The van der Waals surface area contributed by atoms with Crippen LogP contribution in [0, 0.1) is 6.92 Å². The highest BCUT2D eigenvalue weighted by Gasteiger charge is 2.21. The lowest BCUT2D eigenvalue weighted by atomic mass is 10.1. The molecular formula is C20H19NO2. The molecular weight excluding hydrogens is 286 g/mol. The van der Waals surface area contributed by atoms with E-state index < -0.39 is 0 Å². The van der Waals surface area contributed by atoms with Gasteiger partial charge in [0, 0.05) is 24.2 Å². The number of benzene rings is 2. The third kappa shape index (κ3) is 3.39. The summed E-state index contributed by atoms with van der Waals surface area (Å²) in [6.45, 7) is 2.75. The van der Waals surface area contributed by atoms with E-state index in [4.69, 9.17) is 0 Å². The molecule has 0 N–H and O–H groups in total. The first-order valence-corrected chi connectivity index (χ1v) is 7.83. The van der Waals surface area contributed by atoms with Gasteiger partial charge in [0.2, 0.25) is 5.91 Å². The zero-order valence-electron chi connectivity index (χ0n) is 13.2. The van der Waals surface area contributed by atoms with Crippen LogP contribution in [-0.2, 0) is 4.79 Å². The van der Waals surface area contributed by atoms with Gasteiger partial charge >= 0.3 is 0 Å². The maximum absolute atomic E-state index is 12.4. The minimum Gasteiger partial charge on any atom is -0.312 e. The summed E-state index contributed by atoms with van der Waals surface area (Å²) in [6.07, 6.45) is 4.90. The topological polar surface area (TPSA) is 37.4 Å². The van der Waals surface area contributed by atoms with E-state index in [1.807, 2.05) is 49.4 Å². The molecule has 2 aromatic carbocycles. The normalized spacial score (nSPS) is 14.7. The van der Waals surface area contributed by atoms with Gasteiger partial charge < -0.3 is 4.90 Å². The van der Waals surface area contributed by atoms with Crippen molar-refractivity contribution >= 4 is 23.5 Å². The monoisotopic (exact) mass is 305 g/mol. The summed E-state index contributed by atoms with van der Waals surface area (Å²) in [4.78, 5) is 26.0. The summed E-state index contributed by atoms with van der Waals surface area (Å²) in [5.41, 5.74) is 3.58. The second-order valence-corrected chi connectivity index (χ2v) is 5.75. The Morgan fingerprint density at radius 2 is 1.96 bits per heavy atom. The van der Waals surface area contributed by atoms with E-state index >= 15 is 0 Å². The van der Waals surface area contributed by atoms with Crippen molar-refractivity contribution < 1.29 is 9.59 Å². The van der Waals surface area contributed by atoms with Crippen molar-refractivity contribution in [1.29, 1.82) is 0 Å². The van der Waals surface area contributed by atoms with Crippen molar-refractivity contribution in [3.63, 3.8) is 0 Å². The molecule has 0 unspecified atom stereocenters. The summed E-state index contributed by atoms with van der Waals surface area (Å²) in [6, 6.07) is 15.2. The van der Waals surface area contributed by atoms with E-state index in [0.29, 0.717) is 12.0 Å². The first-order chi connectivity index (χ1) is 11.1. The molecule has 3 rings (SSSR count). The molecule has 0 spiro atoms. The highest BCUT2D eigenvalue weighted by molar-refractivity contribution is 6.08. The van der Waals surface area contributed by atoms with Crippen LogP contribution in [0.25, 0.3) is 6.08 Å². The first-order valence-electron chi connectivity index (χ1n) is 7.83. The lowest BCUT2D eigenvalue weighted by molar-refractivity contribution is -0.117. The number of hydrogen-bond acceptors (Lipinski definition) is 2. The van der Waals surface area contributed by atoms with Crippen LogP contribution in [0.2, 0.25) is 0 Å². The van der Waals surface area contributed by atoms with Gasteiger partial charge in [0.1, 0.15) is 0 Å². The maximum Gasteiger partial charge on any atom is 0.227 e. The number of anilines is 1. The standard InChI is InChI=1S/C20H19NO2/c1-15-6-2-3-7-16(15)11-12-19(22)17-8-4-9-18(14-17)21-13-5-10-20(21)23/h2-4,6-9,11-12,14H,5,10,13H2,1H3/b12-11+. The highest BCUT2D eigenvalue weighted by atomic mass is 16.2. The molecule has 0 radical (unpaired) electrons. The first kappa shape index (κ1) is 15.2.